The van der Waals surface area contributed by atoms with E-state index in [1.165, 1.54) is 5.56 Å². The summed E-state index contributed by atoms with van der Waals surface area (Å²) < 4.78 is 5.84. The van der Waals surface area contributed by atoms with Crippen LogP contribution < -0.4 is 4.90 Å². The molecule has 0 bridgehead atoms. The normalized spacial score (nSPS) is 19.1. The van der Waals surface area contributed by atoms with Crippen LogP contribution in [0.3, 0.4) is 0 Å². The Morgan fingerprint density at radius 1 is 1.25 bits per heavy atom. The minimum Gasteiger partial charge on any atom is -0.374 e. The molecule has 104 valence electrons. The van der Waals surface area contributed by atoms with Crippen molar-refractivity contribution in [2.24, 2.45) is 0 Å². The van der Waals surface area contributed by atoms with Crippen molar-refractivity contribution < 1.29 is 4.74 Å². The zero-order valence-corrected chi connectivity index (χ0v) is 11.8. The Hall–Kier alpha value is -1.65. The quantitative estimate of drug-likeness (QED) is 0.870. The van der Waals surface area contributed by atoms with Gasteiger partial charge in [-0.15, -0.1) is 0 Å². The van der Waals surface area contributed by atoms with Crippen LogP contribution in [0.4, 0.5) is 5.82 Å². The molecular weight excluding hydrogens is 274 g/mol. The zero-order valence-electron chi connectivity index (χ0n) is 11.1. The first-order chi connectivity index (χ1) is 9.81. The molecule has 0 saturated carbocycles. The summed E-state index contributed by atoms with van der Waals surface area (Å²) in [5.74, 6) is 0.914. The fraction of sp³-hybridized carbons (Fsp3) is 0.333. The number of hydrogen-bond acceptors (Lipinski definition) is 4. The highest BCUT2D eigenvalue weighted by Crippen LogP contribution is 2.17. The Morgan fingerprint density at radius 2 is 2.10 bits per heavy atom. The molecule has 1 saturated heterocycles. The van der Waals surface area contributed by atoms with E-state index in [0.717, 1.165) is 37.0 Å². The molecule has 3 rings (SSSR count). The van der Waals surface area contributed by atoms with Crippen molar-refractivity contribution >= 4 is 17.4 Å². The van der Waals surface area contributed by atoms with Gasteiger partial charge in [-0.25, -0.2) is 4.98 Å². The van der Waals surface area contributed by atoms with Crippen LogP contribution in [0.25, 0.3) is 0 Å². The predicted molar refractivity (Wildman–Crippen MR) is 79.1 cm³/mol. The molecule has 1 aliphatic heterocycles. The fourth-order valence-electron chi connectivity index (χ4n) is 2.39. The van der Waals surface area contributed by atoms with Crippen LogP contribution in [0.1, 0.15) is 5.56 Å². The van der Waals surface area contributed by atoms with Crippen LogP contribution >= 0.6 is 11.6 Å². The third kappa shape index (κ3) is 3.26. The molecule has 1 unspecified atom stereocenters. The number of rotatable bonds is 3. The highest BCUT2D eigenvalue weighted by Gasteiger charge is 2.21. The molecule has 1 aliphatic rings. The molecule has 0 N–H and O–H groups in total. The highest BCUT2D eigenvalue weighted by atomic mass is 35.5. The summed E-state index contributed by atoms with van der Waals surface area (Å²) in [5, 5.41) is 0.763. The fourth-order valence-corrected chi connectivity index (χ4v) is 2.51. The average Bonchev–Trinajstić information content (AvgIpc) is 2.51. The van der Waals surface area contributed by atoms with Crippen LogP contribution in [0.2, 0.25) is 5.02 Å². The highest BCUT2D eigenvalue weighted by molar-refractivity contribution is 6.30. The molecule has 2 heterocycles. The molecule has 0 radical (unpaired) electrons. The van der Waals surface area contributed by atoms with Gasteiger partial charge in [-0.3, -0.25) is 4.98 Å². The van der Waals surface area contributed by atoms with Gasteiger partial charge in [-0.1, -0.05) is 23.7 Å². The Morgan fingerprint density at radius 3 is 2.85 bits per heavy atom. The van der Waals surface area contributed by atoms with E-state index in [1.54, 1.807) is 18.6 Å². The monoisotopic (exact) mass is 289 g/mol. The van der Waals surface area contributed by atoms with Gasteiger partial charge in [-0.2, -0.15) is 0 Å². The number of hydrogen-bond donors (Lipinski definition) is 0. The Kier molecular flexibility index (Phi) is 4.14. The smallest absolute Gasteiger partial charge is 0.147 e. The minimum absolute atomic E-state index is 0.173. The number of halogens is 1. The summed E-state index contributed by atoms with van der Waals surface area (Å²) in [4.78, 5) is 10.7. The largest absolute Gasteiger partial charge is 0.374 e. The molecule has 1 aromatic heterocycles. The number of morpholine rings is 1. The number of nitrogens with zero attached hydrogens (tertiary/aromatic N) is 3. The number of ether oxygens (including phenoxy) is 1. The molecular formula is C15H16ClN3O. The van der Waals surface area contributed by atoms with E-state index in [-0.39, 0.29) is 6.10 Å². The number of benzene rings is 1. The van der Waals surface area contributed by atoms with Gasteiger partial charge >= 0.3 is 0 Å². The molecule has 4 nitrogen and oxygen atoms in total. The lowest BCUT2D eigenvalue weighted by Gasteiger charge is -2.33. The van der Waals surface area contributed by atoms with Crippen LogP contribution in [0.5, 0.6) is 0 Å². The van der Waals surface area contributed by atoms with Gasteiger partial charge < -0.3 is 9.64 Å². The molecule has 0 amide bonds. The number of aromatic nitrogens is 2. The van der Waals surface area contributed by atoms with Crippen molar-refractivity contribution in [2.75, 3.05) is 24.6 Å². The molecule has 1 aromatic carbocycles. The second kappa shape index (κ2) is 6.20. The summed E-state index contributed by atoms with van der Waals surface area (Å²) in [5.41, 5.74) is 1.24. The summed E-state index contributed by atoms with van der Waals surface area (Å²) in [6.07, 6.45) is 6.26. The predicted octanol–water partition coefficient (Wildman–Crippen LogP) is 2.58. The molecule has 2 aromatic rings. The summed E-state index contributed by atoms with van der Waals surface area (Å²) in [6.45, 7) is 2.41. The van der Waals surface area contributed by atoms with Crippen molar-refractivity contribution in [1.82, 2.24) is 9.97 Å². The van der Waals surface area contributed by atoms with Crippen LogP contribution in [-0.4, -0.2) is 35.8 Å². The van der Waals surface area contributed by atoms with Crippen molar-refractivity contribution in [2.45, 2.75) is 12.5 Å². The summed E-state index contributed by atoms with van der Waals surface area (Å²) in [7, 11) is 0. The maximum Gasteiger partial charge on any atom is 0.147 e. The van der Waals surface area contributed by atoms with Crippen LogP contribution in [0, 0.1) is 0 Å². The van der Waals surface area contributed by atoms with Gasteiger partial charge in [0.2, 0.25) is 0 Å². The second-order valence-electron chi connectivity index (χ2n) is 4.83. The summed E-state index contributed by atoms with van der Waals surface area (Å²) >= 11 is 5.90. The van der Waals surface area contributed by atoms with Gasteiger partial charge in [0.1, 0.15) is 5.82 Å². The Bertz CT molecular complexity index is 547. The first kappa shape index (κ1) is 13.3. The average molecular weight is 290 g/mol. The van der Waals surface area contributed by atoms with E-state index in [1.807, 2.05) is 24.3 Å². The van der Waals surface area contributed by atoms with Gasteiger partial charge in [-0.05, 0) is 17.7 Å². The molecule has 0 aliphatic carbocycles. The molecule has 1 fully saturated rings. The molecule has 1 atom stereocenters. The van der Waals surface area contributed by atoms with Crippen molar-refractivity contribution in [3.8, 4) is 0 Å². The lowest BCUT2D eigenvalue weighted by molar-refractivity contribution is 0.0408. The maximum absolute atomic E-state index is 5.90. The first-order valence-corrected chi connectivity index (χ1v) is 7.06. The summed E-state index contributed by atoms with van der Waals surface area (Å²) in [6, 6.07) is 7.93. The van der Waals surface area contributed by atoms with Crippen LogP contribution in [0.15, 0.2) is 42.9 Å². The Labute approximate surface area is 123 Å². The van der Waals surface area contributed by atoms with E-state index < -0.39 is 0 Å². The first-order valence-electron chi connectivity index (χ1n) is 6.68. The third-order valence-electron chi connectivity index (χ3n) is 3.39. The van der Waals surface area contributed by atoms with Gasteiger partial charge in [0.25, 0.3) is 0 Å². The van der Waals surface area contributed by atoms with Gasteiger partial charge in [0.05, 0.1) is 18.9 Å². The standard InChI is InChI=1S/C15H16ClN3O/c16-13-3-1-12(2-4-13)9-14-11-19(7-8-20-14)15-10-17-5-6-18-15/h1-6,10,14H,7-9,11H2. The van der Waals surface area contributed by atoms with Crippen LogP contribution in [-0.2, 0) is 11.2 Å². The third-order valence-corrected chi connectivity index (χ3v) is 3.64. The van der Waals surface area contributed by atoms with Gasteiger partial charge in [0, 0.05) is 36.9 Å². The lowest BCUT2D eigenvalue weighted by atomic mass is 10.1. The van der Waals surface area contributed by atoms with E-state index in [9.17, 15) is 0 Å². The SMILES string of the molecule is Clc1ccc(CC2CN(c3cnccn3)CCO2)cc1. The maximum atomic E-state index is 5.90. The van der Waals surface area contributed by atoms with Crippen molar-refractivity contribution in [3.05, 3.63) is 53.4 Å². The van der Waals surface area contributed by atoms with Crippen molar-refractivity contribution in [3.63, 3.8) is 0 Å². The zero-order chi connectivity index (χ0) is 13.8. The van der Waals surface area contributed by atoms with E-state index >= 15 is 0 Å². The minimum atomic E-state index is 0.173. The number of anilines is 1. The van der Waals surface area contributed by atoms with E-state index in [0.29, 0.717) is 0 Å². The molecule has 5 heteroatoms. The second-order valence-corrected chi connectivity index (χ2v) is 5.27. The van der Waals surface area contributed by atoms with E-state index in [4.69, 9.17) is 16.3 Å². The van der Waals surface area contributed by atoms with Crippen molar-refractivity contribution in [1.29, 1.82) is 0 Å². The lowest BCUT2D eigenvalue weighted by Crippen LogP contribution is -2.43. The topological polar surface area (TPSA) is 38.2 Å². The molecule has 0 spiro atoms. The van der Waals surface area contributed by atoms with Gasteiger partial charge in [0.15, 0.2) is 0 Å². The van der Waals surface area contributed by atoms with E-state index in [2.05, 4.69) is 14.9 Å². The molecule has 20 heavy (non-hydrogen) atoms. The Balaban J connectivity index is 1.65.